The highest BCUT2D eigenvalue weighted by Crippen LogP contribution is 2.12. The monoisotopic (exact) mass is 300 g/mol. The minimum atomic E-state index is -0.256. The summed E-state index contributed by atoms with van der Waals surface area (Å²) in [6.07, 6.45) is 5.15. The SMILES string of the molecule is O=C(c1cnc(NCc2ccc(F)cc2)cn1)N1CCCC1. The molecule has 114 valence electrons. The summed E-state index contributed by atoms with van der Waals surface area (Å²) in [6.45, 7) is 2.12. The maximum atomic E-state index is 12.8. The van der Waals surface area contributed by atoms with Crippen LogP contribution < -0.4 is 5.32 Å². The van der Waals surface area contributed by atoms with Crippen molar-refractivity contribution in [3.8, 4) is 0 Å². The van der Waals surface area contributed by atoms with Gasteiger partial charge in [-0.05, 0) is 30.5 Å². The first kappa shape index (κ1) is 14.4. The third kappa shape index (κ3) is 3.39. The summed E-state index contributed by atoms with van der Waals surface area (Å²) in [5, 5.41) is 3.10. The number of anilines is 1. The molecule has 1 amide bonds. The standard InChI is InChI=1S/C16H17FN4O/c17-13-5-3-12(4-6-13)9-19-15-11-18-14(10-20-15)16(22)21-7-1-2-8-21/h3-6,10-11H,1-2,7-9H2,(H,19,20). The van der Waals surface area contributed by atoms with Gasteiger partial charge in [0.15, 0.2) is 0 Å². The Hall–Kier alpha value is -2.50. The number of nitrogens with zero attached hydrogens (tertiary/aromatic N) is 3. The quantitative estimate of drug-likeness (QED) is 0.942. The minimum Gasteiger partial charge on any atom is -0.365 e. The van der Waals surface area contributed by atoms with E-state index in [1.165, 1.54) is 18.3 Å². The van der Waals surface area contributed by atoms with Gasteiger partial charge >= 0.3 is 0 Å². The molecule has 0 bridgehead atoms. The van der Waals surface area contributed by atoms with Crippen LogP contribution in [0.1, 0.15) is 28.9 Å². The van der Waals surface area contributed by atoms with E-state index in [4.69, 9.17) is 0 Å². The minimum absolute atomic E-state index is 0.0601. The van der Waals surface area contributed by atoms with Crippen molar-refractivity contribution in [2.45, 2.75) is 19.4 Å². The van der Waals surface area contributed by atoms with Crippen LogP contribution >= 0.6 is 0 Å². The van der Waals surface area contributed by atoms with Crippen LogP contribution in [0.4, 0.5) is 10.2 Å². The first-order valence-electron chi connectivity index (χ1n) is 7.32. The number of hydrogen-bond acceptors (Lipinski definition) is 4. The molecule has 1 aromatic heterocycles. The second-order valence-electron chi connectivity index (χ2n) is 5.27. The van der Waals surface area contributed by atoms with Crippen LogP contribution in [-0.4, -0.2) is 33.9 Å². The van der Waals surface area contributed by atoms with Gasteiger partial charge < -0.3 is 10.2 Å². The predicted octanol–water partition coefficient (Wildman–Crippen LogP) is 2.46. The van der Waals surface area contributed by atoms with Crippen LogP contribution in [0.25, 0.3) is 0 Å². The van der Waals surface area contributed by atoms with Crippen LogP contribution in [0.2, 0.25) is 0 Å². The number of likely N-dealkylation sites (tertiary alicyclic amines) is 1. The highest BCUT2D eigenvalue weighted by Gasteiger charge is 2.20. The van der Waals surface area contributed by atoms with Gasteiger partial charge in [-0.1, -0.05) is 12.1 Å². The van der Waals surface area contributed by atoms with Crippen LogP contribution in [0.5, 0.6) is 0 Å². The molecule has 6 heteroatoms. The van der Waals surface area contributed by atoms with Crippen molar-refractivity contribution in [3.63, 3.8) is 0 Å². The van der Waals surface area contributed by atoms with Crippen LogP contribution in [-0.2, 0) is 6.54 Å². The van der Waals surface area contributed by atoms with Gasteiger partial charge in [0.1, 0.15) is 17.3 Å². The normalized spacial score (nSPS) is 14.1. The number of carbonyl (C=O) groups excluding carboxylic acids is 1. The molecule has 3 rings (SSSR count). The topological polar surface area (TPSA) is 58.1 Å². The second-order valence-corrected chi connectivity index (χ2v) is 5.27. The average molecular weight is 300 g/mol. The lowest BCUT2D eigenvalue weighted by atomic mass is 10.2. The van der Waals surface area contributed by atoms with Gasteiger partial charge in [0.2, 0.25) is 0 Å². The Morgan fingerprint density at radius 3 is 2.50 bits per heavy atom. The fraction of sp³-hybridized carbons (Fsp3) is 0.312. The number of carbonyl (C=O) groups is 1. The molecule has 1 saturated heterocycles. The summed E-state index contributed by atoms with van der Waals surface area (Å²) in [5.74, 6) is 0.269. The lowest BCUT2D eigenvalue weighted by Gasteiger charge is -2.14. The molecule has 2 heterocycles. The molecule has 1 aliphatic rings. The van der Waals surface area contributed by atoms with E-state index in [9.17, 15) is 9.18 Å². The van der Waals surface area contributed by atoms with E-state index in [2.05, 4.69) is 15.3 Å². The summed E-state index contributed by atoms with van der Waals surface area (Å²) < 4.78 is 12.8. The van der Waals surface area contributed by atoms with E-state index in [-0.39, 0.29) is 11.7 Å². The first-order chi connectivity index (χ1) is 10.7. The van der Waals surface area contributed by atoms with Crippen LogP contribution in [0.15, 0.2) is 36.7 Å². The number of benzene rings is 1. The maximum absolute atomic E-state index is 12.8. The molecule has 0 atom stereocenters. The Labute approximate surface area is 128 Å². The highest BCUT2D eigenvalue weighted by molar-refractivity contribution is 5.92. The van der Waals surface area contributed by atoms with Gasteiger partial charge in [-0.3, -0.25) is 4.79 Å². The summed E-state index contributed by atoms with van der Waals surface area (Å²) in [5.41, 5.74) is 1.31. The number of hydrogen-bond donors (Lipinski definition) is 1. The number of amides is 1. The molecule has 0 unspecified atom stereocenters. The van der Waals surface area contributed by atoms with Crippen LogP contribution in [0.3, 0.4) is 0 Å². The van der Waals surface area contributed by atoms with Crippen LogP contribution in [0, 0.1) is 5.82 Å². The molecule has 5 nitrogen and oxygen atoms in total. The summed E-state index contributed by atoms with van der Waals surface area (Å²) in [4.78, 5) is 22.3. The molecule has 0 radical (unpaired) electrons. The third-order valence-electron chi connectivity index (χ3n) is 3.65. The van der Waals surface area contributed by atoms with E-state index >= 15 is 0 Å². The van der Waals surface area contributed by atoms with E-state index in [1.54, 1.807) is 23.2 Å². The van der Waals surface area contributed by atoms with Crippen molar-refractivity contribution in [1.82, 2.24) is 14.9 Å². The van der Waals surface area contributed by atoms with Gasteiger partial charge in [-0.2, -0.15) is 0 Å². The number of aromatic nitrogens is 2. The number of rotatable bonds is 4. The van der Waals surface area contributed by atoms with E-state index in [0.29, 0.717) is 18.1 Å². The van der Waals surface area contributed by atoms with Crippen molar-refractivity contribution in [2.24, 2.45) is 0 Å². The molecule has 2 aromatic rings. The Morgan fingerprint density at radius 2 is 1.86 bits per heavy atom. The number of nitrogens with one attached hydrogen (secondary N) is 1. The highest BCUT2D eigenvalue weighted by atomic mass is 19.1. The lowest BCUT2D eigenvalue weighted by Crippen LogP contribution is -2.28. The molecular weight excluding hydrogens is 283 g/mol. The van der Waals surface area contributed by atoms with Crippen molar-refractivity contribution in [3.05, 3.63) is 53.7 Å². The summed E-state index contributed by atoms with van der Waals surface area (Å²) in [7, 11) is 0. The van der Waals surface area contributed by atoms with Crippen molar-refractivity contribution in [1.29, 1.82) is 0 Å². The number of halogens is 1. The molecule has 0 saturated carbocycles. The van der Waals surface area contributed by atoms with Crippen molar-refractivity contribution >= 4 is 11.7 Å². The molecule has 0 spiro atoms. The third-order valence-corrected chi connectivity index (χ3v) is 3.65. The fourth-order valence-electron chi connectivity index (χ4n) is 2.41. The molecule has 1 fully saturated rings. The van der Waals surface area contributed by atoms with Crippen molar-refractivity contribution < 1.29 is 9.18 Å². The molecule has 0 aliphatic carbocycles. The van der Waals surface area contributed by atoms with Gasteiger partial charge in [-0.25, -0.2) is 14.4 Å². The zero-order chi connectivity index (χ0) is 15.4. The summed E-state index contributed by atoms with van der Waals surface area (Å²) >= 11 is 0. The van der Waals surface area contributed by atoms with Gasteiger partial charge in [0.25, 0.3) is 5.91 Å². The Kier molecular flexibility index (Phi) is 4.27. The molecule has 1 aliphatic heterocycles. The largest absolute Gasteiger partial charge is 0.365 e. The Morgan fingerprint density at radius 1 is 1.14 bits per heavy atom. The molecular formula is C16H17FN4O. The maximum Gasteiger partial charge on any atom is 0.274 e. The van der Waals surface area contributed by atoms with Gasteiger partial charge in [0, 0.05) is 19.6 Å². The first-order valence-corrected chi connectivity index (χ1v) is 7.32. The fourth-order valence-corrected chi connectivity index (χ4v) is 2.41. The van der Waals surface area contributed by atoms with Gasteiger partial charge in [-0.15, -0.1) is 0 Å². The smallest absolute Gasteiger partial charge is 0.274 e. The Balaban J connectivity index is 1.59. The zero-order valence-electron chi connectivity index (χ0n) is 12.1. The zero-order valence-corrected chi connectivity index (χ0v) is 12.1. The predicted molar refractivity (Wildman–Crippen MR) is 80.9 cm³/mol. The second kappa shape index (κ2) is 6.51. The molecule has 22 heavy (non-hydrogen) atoms. The van der Waals surface area contributed by atoms with E-state index in [0.717, 1.165) is 31.5 Å². The van der Waals surface area contributed by atoms with Gasteiger partial charge in [0.05, 0.1) is 12.4 Å². The average Bonchev–Trinajstić information content (AvgIpc) is 3.09. The Bertz CT molecular complexity index is 636. The van der Waals surface area contributed by atoms with Crippen molar-refractivity contribution in [2.75, 3.05) is 18.4 Å². The van der Waals surface area contributed by atoms with E-state index < -0.39 is 0 Å². The summed E-state index contributed by atoms with van der Waals surface area (Å²) in [6, 6.07) is 6.25. The van der Waals surface area contributed by atoms with E-state index in [1.807, 2.05) is 0 Å². The molecule has 1 N–H and O–H groups in total. The lowest BCUT2D eigenvalue weighted by molar-refractivity contribution is 0.0786. The molecule has 1 aromatic carbocycles.